The molecule has 0 fully saturated rings. The van der Waals surface area contributed by atoms with Gasteiger partial charge in [0.1, 0.15) is 12.4 Å². The van der Waals surface area contributed by atoms with Crippen molar-refractivity contribution in [3.63, 3.8) is 0 Å². The Balaban J connectivity index is 1.84. The molecule has 2 aromatic rings. The number of rotatable bonds is 3. The van der Waals surface area contributed by atoms with Crippen LogP contribution in [0.3, 0.4) is 0 Å². The van der Waals surface area contributed by atoms with Crippen LogP contribution in [0.2, 0.25) is 5.02 Å². The molecule has 0 N–H and O–H groups in total. The normalized spacial score (nSPS) is 19.4. The van der Waals surface area contributed by atoms with E-state index in [2.05, 4.69) is 0 Å². The quantitative estimate of drug-likeness (QED) is 0.737. The van der Waals surface area contributed by atoms with E-state index in [0.29, 0.717) is 17.0 Å². The van der Waals surface area contributed by atoms with Gasteiger partial charge in [0.2, 0.25) is 5.91 Å². The van der Waals surface area contributed by atoms with Crippen molar-refractivity contribution in [2.45, 2.75) is 25.7 Å². The van der Waals surface area contributed by atoms with Crippen molar-refractivity contribution in [1.82, 2.24) is 0 Å². The third-order valence-corrected chi connectivity index (χ3v) is 5.40. The Morgan fingerprint density at radius 2 is 1.93 bits per heavy atom. The third-order valence-electron chi connectivity index (χ3n) is 5.07. The molecule has 0 unspecified atom stereocenters. The molecule has 2 heterocycles. The van der Waals surface area contributed by atoms with E-state index >= 15 is 0 Å². The second kappa shape index (κ2) is 6.82. The van der Waals surface area contributed by atoms with Crippen LogP contribution in [0.25, 0.3) is 0 Å². The second-order valence-electron chi connectivity index (χ2n) is 6.58. The molecule has 4 rings (SSSR count). The number of cyclic esters (lactones) is 1. The van der Waals surface area contributed by atoms with Crippen LogP contribution in [0.15, 0.2) is 53.7 Å². The molecule has 0 bridgehead atoms. The summed E-state index contributed by atoms with van der Waals surface area (Å²) in [6.45, 7) is 2.03. The zero-order valence-corrected chi connectivity index (χ0v) is 15.4. The molecule has 0 saturated carbocycles. The number of carbonyl (C=O) groups excluding carboxylic acids is 2. The summed E-state index contributed by atoms with van der Waals surface area (Å²) in [4.78, 5) is 26.9. The number of aryl methyl sites for hydroxylation is 1. The number of amides is 1. The second-order valence-corrected chi connectivity index (χ2v) is 6.98. The van der Waals surface area contributed by atoms with Gasteiger partial charge >= 0.3 is 5.97 Å². The average Bonchev–Trinajstić information content (AvgIpc) is 3.03. The first-order chi connectivity index (χ1) is 13.0. The van der Waals surface area contributed by atoms with Gasteiger partial charge in [-0.3, -0.25) is 9.69 Å². The average molecular weight is 386 g/mol. The highest BCUT2D eigenvalue weighted by molar-refractivity contribution is 6.31. The van der Waals surface area contributed by atoms with Crippen molar-refractivity contribution >= 4 is 29.2 Å². The van der Waals surface area contributed by atoms with E-state index in [1.165, 1.54) is 17.0 Å². The molecular weight excluding hydrogens is 369 g/mol. The van der Waals surface area contributed by atoms with Crippen LogP contribution in [0.5, 0.6) is 0 Å². The third kappa shape index (κ3) is 2.92. The van der Waals surface area contributed by atoms with Gasteiger partial charge in [0, 0.05) is 28.6 Å². The number of ether oxygens (including phenoxy) is 1. The van der Waals surface area contributed by atoms with E-state index in [1.807, 2.05) is 31.2 Å². The Kier molecular flexibility index (Phi) is 4.48. The lowest BCUT2D eigenvalue weighted by Crippen LogP contribution is -2.37. The molecule has 0 radical (unpaired) electrons. The fraction of sp³-hybridized carbons (Fsp3) is 0.238. The van der Waals surface area contributed by atoms with Gasteiger partial charge in [-0.15, -0.1) is 0 Å². The maximum atomic E-state index is 14.5. The largest absolute Gasteiger partial charge is 0.456 e. The summed E-state index contributed by atoms with van der Waals surface area (Å²) in [5, 5.41) is 0.195. The maximum Gasteiger partial charge on any atom is 0.336 e. The zero-order chi connectivity index (χ0) is 19.1. The van der Waals surface area contributed by atoms with Crippen LogP contribution < -0.4 is 4.90 Å². The van der Waals surface area contributed by atoms with E-state index in [4.69, 9.17) is 16.3 Å². The van der Waals surface area contributed by atoms with Gasteiger partial charge < -0.3 is 4.74 Å². The van der Waals surface area contributed by atoms with Crippen molar-refractivity contribution < 1.29 is 18.7 Å². The van der Waals surface area contributed by atoms with E-state index in [1.54, 1.807) is 6.07 Å². The van der Waals surface area contributed by atoms with E-state index < -0.39 is 17.7 Å². The summed E-state index contributed by atoms with van der Waals surface area (Å²) < 4.78 is 19.7. The Morgan fingerprint density at radius 3 is 2.59 bits per heavy atom. The van der Waals surface area contributed by atoms with Gasteiger partial charge in [0.05, 0.1) is 11.3 Å². The van der Waals surface area contributed by atoms with Crippen LogP contribution in [0.4, 0.5) is 10.1 Å². The SMILES string of the molecule is CCc1ccc(N2C(=O)C[C@H](c3c(F)cccc3Cl)C3=C2COC3=O)cc1. The van der Waals surface area contributed by atoms with Gasteiger partial charge in [0.25, 0.3) is 0 Å². The smallest absolute Gasteiger partial charge is 0.336 e. The molecule has 0 spiro atoms. The van der Waals surface area contributed by atoms with Gasteiger partial charge in [-0.25, -0.2) is 9.18 Å². The number of anilines is 1. The first-order valence-corrected chi connectivity index (χ1v) is 9.15. The highest BCUT2D eigenvalue weighted by Crippen LogP contribution is 2.44. The van der Waals surface area contributed by atoms with Crippen molar-refractivity contribution in [1.29, 1.82) is 0 Å². The number of nitrogens with zero attached hydrogens (tertiary/aromatic N) is 1. The Labute approximate surface area is 161 Å². The molecular formula is C21H17ClFNO3. The fourth-order valence-corrected chi connectivity index (χ4v) is 4.02. The molecule has 0 aliphatic carbocycles. The monoisotopic (exact) mass is 385 g/mol. The summed E-state index contributed by atoms with van der Waals surface area (Å²) in [6.07, 6.45) is 0.835. The Hall–Kier alpha value is -2.66. The summed E-state index contributed by atoms with van der Waals surface area (Å²) >= 11 is 6.20. The fourth-order valence-electron chi connectivity index (χ4n) is 3.72. The van der Waals surface area contributed by atoms with E-state index in [-0.39, 0.29) is 29.5 Å². The molecule has 0 saturated heterocycles. The lowest BCUT2D eigenvalue weighted by atomic mass is 9.83. The number of benzene rings is 2. The van der Waals surface area contributed by atoms with E-state index in [0.717, 1.165) is 12.0 Å². The number of hydrogen-bond donors (Lipinski definition) is 0. The van der Waals surface area contributed by atoms with Crippen LogP contribution in [0.1, 0.15) is 30.4 Å². The first-order valence-electron chi connectivity index (χ1n) is 8.77. The van der Waals surface area contributed by atoms with Gasteiger partial charge in [-0.05, 0) is 36.2 Å². The highest BCUT2D eigenvalue weighted by atomic mass is 35.5. The van der Waals surface area contributed by atoms with Crippen LogP contribution in [-0.4, -0.2) is 18.5 Å². The van der Waals surface area contributed by atoms with Crippen molar-refractivity contribution in [2.24, 2.45) is 0 Å². The standard InChI is InChI=1S/C21H17ClFNO3/c1-2-12-6-8-13(9-7-12)24-17-11-27-21(26)20(17)14(10-18(24)25)19-15(22)4-3-5-16(19)23/h3-9,14H,2,10-11H2,1H3/t14-/m1/s1. The molecule has 27 heavy (non-hydrogen) atoms. The van der Waals surface area contributed by atoms with Crippen molar-refractivity contribution in [3.05, 3.63) is 75.7 Å². The summed E-state index contributed by atoms with van der Waals surface area (Å²) in [6, 6.07) is 11.9. The van der Waals surface area contributed by atoms with Crippen LogP contribution in [-0.2, 0) is 20.7 Å². The molecule has 1 amide bonds. The minimum absolute atomic E-state index is 0.0159. The predicted molar refractivity (Wildman–Crippen MR) is 100 cm³/mol. The maximum absolute atomic E-state index is 14.5. The number of hydrogen-bond acceptors (Lipinski definition) is 3. The van der Waals surface area contributed by atoms with Gasteiger partial charge in [-0.2, -0.15) is 0 Å². The first kappa shape index (κ1) is 17.7. The van der Waals surface area contributed by atoms with Crippen molar-refractivity contribution in [2.75, 3.05) is 11.5 Å². The Morgan fingerprint density at radius 1 is 1.19 bits per heavy atom. The summed E-state index contributed by atoms with van der Waals surface area (Å²) in [5.74, 6) is -2.03. The minimum atomic E-state index is -0.748. The number of carbonyl (C=O) groups is 2. The minimum Gasteiger partial charge on any atom is -0.456 e. The Bertz CT molecular complexity index is 948. The lowest BCUT2D eigenvalue weighted by Gasteiger charge is -2.32. The topological polar surface area (TPSA) is 46.6 Å². The van der Waals surface area contributed by atoms with E-state index in [9.17, 15) is 14.0 Å². The van der Waals surface area contributed by atoms with Crippen LogP contribution >= 0.6 is 11.6 Å². The molecule has 4 nitrogen and oxygen atoms in total. The van der Waals surface area contributed by atoms with Gasteiger partial charge in [0.15, 0.2) is 0 Å². The number of esters is 1. The molecule has 2 aliphatic heterocycles. The molecule has 2 aromatic carbocycles. The molecule has 1 atom stereocenters. The van der Waals surface area contributed by atoms with Crippen molar-refractivity contribution in [3.8, 4) is 0 Å². The zero-order valence-electron chi connectivity index (χ0n) is 14.7. The number of halogens is 2. The highest BCUT2D eigenvalue weighted by Gasteiger charge is 2.44. The molecule has 138 valence electrons. The summed E-state index contributed by atoms with van der Waals surface area (Å²) in [7, 11) is 0. The van der Waals surface area contributed by atoms with Crippen LogP contribution in [0, 0.1) is 5.82 Å². The van der Waals surface area contributed by atoms with Gasteiger partial charge in [-0.1, -0.05) is 36.7 Å². The predicted octanol–water partition coefficient (Wildman–Crippen LogP) is 4.37. The molecule has 2 aliphatic rings. The summed E-state index contributed by atoms with van der Waals surface area (Å²) in [5.41, 5.74) is 2.75. The lowest BCUT2D eigenvalue weighted by molar-refractivity contribution is -0.136. The molecule has 6 heteroatoms. The molecule has 0 aromatic heterocycles.